The first-order valence-corrected chi connectivity index (χ1v) is 9.80. The van der Waals surface area contributed by atoms with Gasteiger partial charge in [-0.05, 0) is 48.5 Å². The van der Waals surface area contributed by atoms with E-state index in [2.05, 4.69) is 46.6 Å². The molecule has 0 saturated heterocycles. The summed E-state index contributed by atoms with van der Waals surface area (Å²) in [6.45, 7) is 2.80. The minimum absolute atomic E-state index is 0.0314. The average Bonchev–Trinajstić information content (AvgIpc) is 2.72. The van der Waals surface area contributed by atoms with Gasteiger partial charge in [-0.2, -0.15) is 0 Å². The summed E-state index contributed by atoms with van der Waals surface area (Å²) in [6, 6.07) is 26.7. The first kappa shape index (κ1) is 20.6. The Hall–Kier alpha value is -3.11. The van der Waals surface area contributed by atoms with E-state index in [1.807, 2.05) is 56.6 Å². The highest BCUT2D eigenvalue weighted by molar-refractivity contribution is 5.73. The molecule has 1 atom stereocenters. The maximum Gasteiger partial charge on any atom is 0.217 e. The van der Waals surface area contributed by atoms with E-state index in [4.69, 9.17) is 4.74 Å². The zero-order chi connectivity index (χ0) is 20.6. The predicted octanol–water partition coefficient (Wildman–Crippen LogP) is 4.67. The number of amides is 1. The third-order valence-electron chi connectivity index (χ3n) is 4.67. The smallest absolute Gasteiger partial charge is 0.217 e. The van der Waals surface area contributed by atoms with Crippen molar-refractivity contribution in [2.24, 2.45) is 0 Å². The van der Waals surface area contributed by atoms with Crippen molar-refractivity contribution in [2.75, 3.05) is 20.6 Å². The van der Waals surface area contributed by atoms with Gasteiger partial charge in [0.2, 0.25) is 5.91 Å². The SMILES string of the molecule is CC(=O)NC(CN(C)C)c1ccc(OCc2ccc(-c3ccccc3)cc2)cc1. The van der Waals surface area contributed by atoms with E-state index in [1.54, 1.807) is 6.92 Å². The predicted molar refractivity (Wildman–Crippen MR) is 118 cm³/mol. The topological polar surface area (TPSA) is 41.6 Å². The van der Waals surface area contributed by atoms with Crippen LogP contribution in [0.25, 0.3) is 11.1 Å². The number of nitrogens with one attached hydrogen (secondary N) is 1. The van der Waals surface area contributed by atoms with Crippen LogP contribution in [0.2, 0.25) is 0 Å². The van der Waals surface area contributed by atoms with Gasteiger partial charge in [0, 0.05) is 13.5 Å². The summed E-state index contributed by atoms with van der Waals surface area (Å²) >= 11 is 0. The highest BCUT2D eigenvalue weighted by Gasteiger charge is 2.13. The Balaban J connectivity index is 1.60. The Kier molecular flexibility index (Phi) is 7.04. The van der Waals surface area contributed by atoms with Crippen molar-refractivity contribution in [3.63, 3.8) is 0 Å². The van der Waals surface area contributed by atoms with Crippen LogP contribution in [-0.2, 0) is 11.4 Å². The lowest BCUT2D eigenvalue weighted by molar-refractivity contribution is -0.119. The molecule has 0 aliphatic heterocycles. The summed E-state index contributed by atoms with van der Waals surface area (Å²) < 4.78 is 5.94. The zero-order valence-corrected chi connectivity index (χ0v) is 17.3. The Morgan fingerprint density at radius 2 is 1.52 bits per heavy atom. The van der Waals surface area contributed by atoms with E-state index in [0.29, 0.717) is 6.61 Å². The summed E-state index contributed by atoms with van der Waals surface area (Å²) in [7, 11) is 3.99. The van der Waals surface area contributed by atoms with Gasteiger partial charge in [0.15, 0.2) is 0 Å². The molecule has 0 radical (unpaired) electrons. The molecule has 3 aromatic rings. The Labute approximate surface area is 173 Å². The van der Waals surface area contributed by atoms with Gasteiger partial charge >= 0.3 is 0 Å². The Bertz CT molecular complexity index is 904. The van der Waals surface area contributed by atoms with Crippen LogP contribution in [0.1, 0.15) is 24.1 Å². The van der Waals surface area contributed by atoms with E-state index in [1.165, 1.54) is 11.1 Å². The number of rotatable bonds is 8. The third-order valence-corrected chi connectivity index (χ3v) is 4.67. The lowest BCUT2D eigenvalue weighted by Crippen LogP contribution is -2.33. The van der Waals surface area contributed by atoms with E-state index in [9.17, 15) is 4.79 Å². The zero-order valence-electron chi connectivity index (χ0n) is 17.3. The molecule has 0 aromatic heterocycles. The van der Waals surface area contributed by atoms with Crippen molar-refractivity contribution in [3.05, 3.63) is 90.0 Å². The molecule has 29 heavy (non-hydrogen) atoms. The molecule has 1 N–H and O–H groups in total. The second-order valence-electron chi connectivity index (χ2n) is 7.44. The lowest BCUT2D eigenvalue weighted by Gasteiger charge is -2.22. The van der Waals surface area contributed by atoms with Crippen molar-refractivity contribution in [2.45, 2.75) is 19.6 Å². The fraction of sp³-hybridized carbons (Fsp3) is 0.240. The van der Waals surface area contributed by atoms with Crippen LogP contribution in [0.15, 0.2) is 78.9 Å². The fourth-order valence-corrected chi connectivity index (χ4v) is 3.23. The Morgan fingerprint density at radius 3 is 2.10 bits per heavy atom. The minimum atomic E-state index is -0.0397. The van der Waals surface area contributed by atoms with Crippen LogP contribution in [0.4, 0.5) is 0 Å². The first-order valence-electron chi connectivity index (χ1n) is 9.80. The number of carbonyl (C=O) groups excluding carboxylic acids is 1. The molecule has 3 aromatic carbocycles. The number of carbonyl (C=O) groups is 1. The third kappa shape index (κ3) is 6.19. The molecule has 150 valence electrons. The quantitative estimate of drug-likeness (QED) is 0.610. The summed E-state index contributed by atoms with van der Waals surface area (Å²) in [5.41, 5.74) is 4.59. The number of likely N-dealkylation sites (N-methyl/N-ethyl adjacent to an activating group) is 1. The molecule has 0 aliphatic carbocycles. The second-order valence-corrected chi connectivity index (χ2v) is 7.44. The molecule has 3 rings (SSSR count). The van der Waals surface area contributed by atoms with Gasteiger partial charge in [-0.1, -0.05) is 66.7 Å². The lowest BCUT2D eigenvalue weighted by atomic mass is 10.0. The highest BCUT2D eigenvalue weighted by Crippen LogP contribution is 2.22. The average molecular weight is 389 g/mol. The van der Waals surface area contributed by atoms with E-state index in [0.717, 1.165) is 23.4 Å². The van der Waals surface area contributed by atoms with Gasteiger partial charge in [0.1, 0.15) is 12.4 Å². The van der Waals surface area contributed by atoms with Crippen LogP contribution in [0.3, 0.4) is 0 Å². The molecule has 4 heteroatoms. The summed E-state index contributed by atoms with van der Waals surface area (Å²) in [6.07, 6.45) is 0. The van der Waals surface area contributed by atoms with E-state index < -0.39 is 0 Å². The second kappa shape index (κ2) is 9.89. The largest absolute Gasteiger partial charge is 0.489 e. The summed E-state index contributed by atoms with van der Waals surface area (Å²) in [5, 5.41) is 3.00. The molecule has 0 fully saturated rings. The number of ether oxygens (including phenoxy) is 1. The molecular formula is C25H28N2O2. The normalized spacial score (nSPS) is 11.9. The summed E-state index contributed by atoms with van der Waals surface area (Å²) in [4.78, 5) is 13.6. The maximum atomic E-state index is 11.5. The molecule has 4 nitrogen and oxygen atoms in total. The van der Waals surface area contributed by atoms with Crippen molar-refractivity contribution in [3.8, 4) is 16.9 Å². The van der Waals surface area contributed by atoms with Crippen molar-refractivity contribution >= 4 is 5.91 Å². The van der Waals surface area contributed by atoms with E-state index >= 15 is 0 Å². The molecule has 1 amide bonds. The van der Waals surface area contributed by atoms with Gasteiger partial charge in [0.05, 0.1) is 6.04 Å². The van der Waals surface area contributed by atoms with Crippen molar-refractivity contribution in [1.82, 2.24) is 10.2 Å². The number of nitrogens with zero attached hydrogens (tertiary/aromatic N) is 1. The number of benzene rings is 3. The Morgan fingerprint density at radius 1 is 0.897 bits per heavy atom. The minimum Gasteiger partial charge on any atom is -0.489 e. The molecule has 1 unspecified atom stereocenters. The standard InChI is InChI=1S/C25H28N2O2/c1-19(28)26-25(17-27(2)3)23-13-15-24(16-14-23)29-18-20-9-11-22(12-10-20)21-7-5-4-6-8-21/h4-16,25H,17-18H2,1-3H3,(H,26,28). The van der Waals surface area contributed by atoms with E-state index in [-0.39, 0.29) is 11.9 Å². The van der Waals surface area contributed by atoms with Crippen LogP contribution >= 0.6 is 0 Å². The molecule has 0 aliphatic rings. The monoisotopic (exact) mass is 388 g/mol. The first-order chi connectivity index (χ1) is 14.0. The molecule has 0 saturated carbocycles. The fourth-order valence-electron chi connectivity index (χ4n) is 3.23. The van der Waals surface area contributed by atoms with Crippen LogP contribution in [0, 0.1) is 0 Å². The molecule has 0 heterocycles. The molecule has 0 spiro atoms. The van der Waals surface area contributed by atoms with Crippen LogP contribution in [0.5, 0.6) is 5.75 Å². The molecular weight excluding hydrogens is 360 g/mol. The number of hydrogen-bond acceptors (Lipinski definition) is 3. The highest BCUT2D eigenvalue weighted by atomic mass is 16.5. The van der Waals surface area contributed by atoms with Gasteiger partial charge in [0.25, 0.3) is 0 Å². The van der Waals surface area contributed by atoms with Crippen LogP contribution < -0.4 is 10.1 Å². The van der Waals surface area contributed by atoms with Crippen LogP contribution in [-0.4, -0.2) is 31.4 Å². The maximum absolute atomic E-state index is 11.5. The van der Waals surface area contributed by atoms with Gasteiger partial charge in [-0.3, -0.25) is 4.79 Å². The number of hydrogen-bond donors (Lipinski definition) is 1. The van der Waals surface area contributed by atoms with Crippen molar-refractivity contribution in [1.29, 1.82) is 0 Å². The van der Waals surface area contributed by atoms with Gasteiger partial charge < -0.3 is 15.0 Å². The van der Waals surface area contributed by atoms with Crippen molar-refractivity contribution < 1.29 is 9.53 Å². The van der Waals surface area contributed by atoms with Gasteiger partial charge in [-0.25, -0.2) is 0 Å². The summed E-state index contributed by atoms with van der Waals surface area (Å²) in [5.74, 6) is 0.781. The van der Waals surface area contributed by atoms with Gasteiger partial charge in [-0.15, -0.1) is 0 Å². The molecule has 0 bridgehead atoms.